The predicted octanol–water partition coefficient (Wildman–Crippen LogP) is 4.72. The fourth-order valence-electron chi connectivity index (χ4n) is 2.92. The summed E-state index contributed by atoms with van der Waals surface area (Å²) in [5.74, 6) is 1.82. The van der Waals surface area contributed by atoms with Crippen LogP contribution in [0.25, 0.3) is 11.4 Å². The monoisotopic (exact) mass is 372 g/mol. The molecule has 0 amide bonds. The first-order valence-electron chi connectivity index (χ1n) is 8.94. The first-order valence-corrected chi connectivity index (χ1v) is 9.93. The van der Waals surface area contributed by atoms with E-state index in [1.165, 1.54) is 11.1 Å². The van der Waals surface area contributed by atoms with Crippen LogP contribution in [0.2, 0.25) is 0 Å². The summed E-state index contributed by atoms with van der Waals surface area (Å²) < 4.78 is 2.18. The van der Waals surface area contributed by atoms with Crippen molar-refractivity contribution in [3.8, 4) is 11.4 Å². The molecular formula is C22H20N4S. The molecule has 4 rings (SSSR count). The lowest BCUT2D eigenvalue weighted by molar-refractivity contribution is 0.714. The number of aromatic nitrogens is 4. The van der Waals surface area contributed by atoms with Crippen LogP contribution in [-0.2, 0) is 13.0 Å². The van der Waals surface area contributed by atoms with Gasteiger partial charge in [0.15, 0.2) is 11.0 Å². The second-order valence-corrected chi connectivity index (χ2v) is 7.27. The molecule has 0 saturated heterocycles. The van der Waals surface area contributed by atoms with Gasteiger partial charge in [-0.3, -0.25) is 9.55 Å². The van der Waals surface area contributed by atoms with Gasteiger partial charge in [0, 0.05) is 23.7 Å². The Morgan fingerprint density at radius 2 is 1.52 bits per heavy atom. The summed E-state index contributed by atoms with van der Waals surface area (Å²) >= 11 is 1.75. The molecule has 0 bridgehead atoms. The normalized spacial score (nSPS) is 10.8. The number of nitrogens with zero attached hydrogens (tertiary/aromatic N) is 4. The molecule has 5 heteroatoms. The Morgan fingerprint density at radius 3 is 2.22 bits per heavy atom. The van der Waals surface area contributed by atoms with E-state index in [9.17, 15) is 0 Å². The molecule has 2 heterocycles. The highest BCUT2D eigenvalue weighted by atomic mass is 32.2. The maximum Gasteiger partial charge on any atom is 0.191 e. The topological polar surface area (TPSA) is 43.6 Å². The predicted molar refractivity (Wildman–Crippen MR) is 110 cm³/mol. The van der Waals surface area contributed by atoms with Gasteiger partial charge in [0.25, 0.3) is 0 Å². The first kappa shape index (κ1) is 17.5. The van der Waals surface area contributed by atoms with E-state index >= 15 is 0 Å². The zero-order valence-corrected chi connectivity index (χ0v) is 15.7. The lowest BCUT2D eigenvalue weighted by Gasteiger charge is -2.10. The smallest absolute Gasteiger partial charge is 0.191 e. The van der Waals surface area contributed by atoms with Gasteiger partial charge in [0.05, 0.1) is 6.54 Å². The Kier molecular flexibility index (Phi) is 5.60. The molecule has 4 aromatic rings. The van der Waals surface area contributed by atoms with Crippen LogP contribution in [0.4, 0.5) is 0 Å². The van der Waals surface area contributed by atoms with Crippen molar-refractivity contribution < 1.29 is 0 Å². The zero-order chi connectivity index (χ0) is 18.3. The van der Waals surface area contributed by atoms with Gasteiger partial charge in [-0.05, 0) is 29.7 Å². The number of thioether (sulfide) groups is 1. The van der Waals surface area contributed by atoms with E-state index in [1.807, 2.05) is 30.5 Å². The molecule has 2 aromatic heterocycles. The van der Waals surface area contributed by atoms with Crippen LogP contribution in [0, 0.1) is 0 Å². The lowest BCUT2D eigenvalue weighted by atomic mass is 10.2. The summed E-state index contributed by atoms with van der Waals surface area (Å²) in [5, 5.41) is 9.87. The Bertz CT molecular complexity index is 969. The molecule has 0 spiro atoms. The molecule has 2 aromatic carbocycles. The molecule has 0 atom stereocenters. The average molecular weight is 372 g/mol. The number of pyridine rings is 1. The van der Waals surface area contributed by atoms with Crippen LogP contribution in [0.3, 0.4) is 0 Å². The molecule has 134 valence electrons. The minimum atomic E-state index is 0.742. The van der Waals surface area contributed by atoms with Crippen molar-refractivity contribution in [1.82, 2.24) is 19.7 Å². The zero-order valence-electron chi connectivity index (χ0n) is 14.9. The van der Waals surface area contributed by atoms with Crippen LogP contribution < -0.4 is 0 Å². The Labute approximate surface area is 163 Å². The van der Waals surface area contributed by atoms with E-state index in [0.29, 0.717) is 0 Å². The molecule has 0 aliphatic rings. The van der Waals surface area contributed by atoms with E-state index in [4.69, 9.17) is 0 Å². The fourth-order valence-corrected chi connectivity index (χ4v) is 3.84. The number of hydrogen-bond acceptors (Lipinski definition) is 4. The number of benzene rings is 2. The van der Waals surface area contributed by atoms with E-state index < -0.39 is 0 Å². The van der Waals surface area contributed by atoms with Gasteiger partial charge in [-0.1, -0.05) is 72.4 Å². The maximum absolute atomic E-state index is 4.47. The van der Waals surface area contributed by atoms with E-state index in [1.54, 1.807) is 18.0 Å². The highest BCUT2D eigenvalue weighted by Gasteiger charge is 2.15. The molecule has 4 nitrogen and oxygen atoms in total. The molecule has 0 aliphatic heterocycles. The molecular weight excluding hydrogens is 352 g/mol. The van der Waals surface area contributed by atoms with Gasteiger partial charge >= 0.3 is 0 Å². The van der Waals surface area contributed by atoms with Crippen molar-refractivity contribution in [2.24, 2.45) is 0 Å². The first-order chi connectivity index (χ1) is 13.4. The van der Waals surface area contributed by atoms with E-state index in [2.05, 4.69) is 68.3 Å². The molecule has 0 fully saturated rings. The van der Waals surface area contributed by atoms with Crippen molar-refractivity contribution in [1.29, 1.82) is 0 Å². The Balaban J connectivity index is 1.57. The largest absolute Gasteiger partial charge is 0.298 e. The van der Waals surface area contributed by atoms with Gasteiger partial charge in [0.2, 0.25) is 0 Å². The van der Waals surface area contributed by atoms with Crippen molar-refractivity contribution in [3.63, 3.8) is 0 Å². The number of rotatable bonds is 7. The third kappa shape index (κ3) is 4.44. The molecule has 0 saturated carbocycles. The summed E-state index contributed by atoms with van der Waals surface area (Å²) in [6.07, 6.45) is 4.62. The van der Waals surface area contributed by atoms with Gasteiger partial charge in [-0.25, -0.2) is 0 Å². The summed E-state index contributed by atoms with van der Waals surface area (Å²) in [6, 6.07) is 24.9. The highest BCUT2D eigenvalue weighted by Crippen LogP contribution is 2.25. The van der Waals surface area contributed by atoms with Crippen LogP contribution in [0.5, 0.6) is 0 Å². The Hall–Kier alpha value is -2.92. The molecule has 0 unspecified atom stereocenters. The van der Waals surface area contributed by atoms with E-state index in [-0.39, 0.29) is 0 Å². The molecule has 27 heavy (non-hydrogen) atoms. The van der Waals surface area contributed by atoms with Crippen LogP contribution in [0.1, 0.15) is 11.1 Å². The molecule has 0 radical (unpaired) electrons. The second-order valence-electron chi connectivity index (χ2n) is 6.20. The van der Waals surface area contributed by atoms with Crippen molar-refractivity contribution in [2.45, 2.75) is 18.1 Å². The van der Waals surface area contributed by atoms with Crippen molar-refractivity contribution in [3.05, 3.63) is 96.3 Å². The second kappa shape index (κ2) is 8.64. The third-order valence-electron chi connectivity index (χ3n) is 4.28. The standard InChI is InChI=1S/C22H20N4S/c1-3-8-18(9-4-1)13-15-27-22-25-24-21(20-12-7-14-23-16-20)26(22)17-19-10-5-2-6-11-19/h1-12,14,16H,13,15,17H2. The van der Waals surface area contributed by atoms with Crippen molar-refractivity contribution in [2.75, 3.05) is 5.75 Å². The van der Waals surface area contributed by atoms with Crippen molar-refractivity contribution >= 4 is 11.8 Å². The van der Waals surface area contributed by atoms with Crippen LogP contribution in [-0.4, -0.2) is 25.5 Å². The summed E-state index contributed by atoms with van der Waals surface area (Å²) in [6.45, 7) is 0.742. The molecule has 0 N–H and O–H groups in total. The summed E-state index contributed by atoms with van der Waals surface area (Å²) in [4.78, 5) is 4.23. The van der Waals surface area contributed by atoms with Crippen LogP contribution in [0.15, 0.2) is 90.3 Å². The fraction of sp³-hybridized carbons (Fsp3) is 0.136. The SMILES string of the molecule is c1ccc(CCSc2nnc(-c3cccnc3)n2Cc2ccccc2)cc1. The molecule has 0 aliphatic carbocycles. The quantitative estimate of drug-likeness (QED) is 0.440. The third-order valence-corrected chi connectivity index (χ3v) is 5.25. The number of aryl methyl sites for hydroxylation is 1. The minimum Gasteiger partial charge on any atom is -0.298 e. The Morgan fingerprint density at radius 1 is 0.778 bits per heavy atom. The maximum atomic E-state index is 4.47. The minimum absolute atomic E-state index is 0.742. The highest BCUT2D eigenvalue weighted by molar-refractivity contribution is 7.99. The van der Waals surface area contributed by atoms with Gasteiger partial charge in [-0.2, -0.15) is 0 Å². The average Bonchev–Trinajstić information content (AvgIpc) is 3.13. The number of hydrogen-bond donors (Lipinski definition) is 0. The van der Waals surface area contributed by atoms with Gasteiger partial charge in [0.1, 0.15) is 0 Å². The van der Waals surface area contributed by atoms with E-state index in [0.717, 1.165) is 35.3 Å². The lowest BCUT2D eigenvalue weighted by Crippen LogP contribution is -2.04. The van der Waals surface area contributed by atoms with Crippen LogP contribution >= 0.6 is 11.8 Å². The van der Waals surface area contributed by atoms with Gasteiger partial charge < -0.3 is 0 Å². The summed E-state index contributed by atoms with van der Waals surface area (Å²) in [5.41, 5.74) is 3.55. The van der Waals surface area contributed by atoms with Gasteiger partial charge in [-0.15, -0.1) is 10.2 Å². The summed E-state index contributed by atoms with van der Waals surface area (Å²) in [7, 11) is 0.